The Morgan fingerprint density at radius 1 is 1.42 bits per heavy atom. The Balaban J connectivity index is 2.07. The van der Waals surface area contributed by atoms with E-state index in [0.29, 0.717) is 37.2 Å². The Labute approximate surface area is 111 Å². The molecule has 0 amide bonds. The molecule has 0 saturated heterocycles. The molecular formula is C15H15NO3. The van der Waals surface area contributed by atoms with Crippen molar-refractivity contribution in [1.29, 1.82) is 5.26 Å². The van der Waals surface area contributed by atoms with Crippen LogP contribution < -0.4 is 4.74 Å². The first kappa shape index (κ1) is 13.2. The largest absolute Gasteiger partial charge is 0.488 e. The van der Waals surface area contributed by atoms with Gasteiger partial charge >= 0.3 is 0 Å². The molecule has 0 unspecified atom stereocenters. The molecule has 98 valence electrons. The Morgan fingerprint density at radius 2 is 2.21 bits per heavy atom. The summed E-state index contributed by atoms with van der Waals surface area (Å²) in [6.45, 7) is 2.25. The monoisotopic (exact) mass is 257 g/mol. The first-order valence-corrected chi connectivity index (χ1v) is 6.32. The van der Waals surface area contributed by atoms with Gasteiger partial charge in [-0.25, -0.2) is 0 Å². The zero-order valence-corrected chi connectivity index (χ0v) is 10.8. The van der Waals surface area contributed by atoms with Crippen LogP contribution in [-0.2, 0) is 4.79 Å². The first-order valence-electron chi connectivity index (χ1n) is 6.32. The number of carbonyl (C=O) groups is 1. The third-order valence-electron chi connectivity index (χ3n) is 2.89. The molecule has 0 radical (unpaired) electrons. The molecule has 0 N–H and O–H groups in total. The van der Waals surface area contributed by atoms with Crippen molar-refractivity contribution in [1.82, 2.24) is 0 Å². The molecule has 1 aromatic heterocycles. The molecule has 0 bridgehead atoms. The summed E-state index contributed by atoms with van der Waals surface area (Å²) in [5, 5.41) is 9.82. The third kappa shape index (κ3) is 2.94. The number of para-hydroxylation sites is 1. The number of nitrogens with zero attached hydrogens (tertiary/aromatic N) is 1. The maximum atomic E-state index is 11.2. The predicted octanol–water partition coefficient (Wildman–Crippen LogP) is 3.44. The Morgan fingerprint density at radius 3 is 2.95 bits per heavy atom. The Hall–Kier alpha value is -2.28. The summed E-state index contributed by atoms with van der Waals surface area (Å²) in [7, 11) is 0. The van der Waals surface area contributed by atoms with Gasteiger partial charge in [0.1, 0.15) is 17.4 Å². The van der Waals surface area contributed by atoms with Gasteiger partial charge in [0.2, 0.25) is 5.76 Å². The molecule has 0 aliphatic carbocycles. The number of Topliss-reactive ketones (excluding diaryl/α,β-unsaturated/α-hetero) is 1. The number of nitriles is 1. The fraction of sp³-hybridized carbons (Fsp3) is 0.333. The highest BCUT2D eigenvalue weighted by atomic mass is 16.5. The van der Waals surface area contributed by atoms with E-state index in [4.69, 9.17) is 14.4 Å². The zero-order chi connectivity index (χ0) is 13.7. The minimum absolute atomic E-state index is 0.183. The van der Waals surface area contributed by atoms with Crippen molar-refractivity contribution in [3.8, 4) is 11.8 Å². The maximum absolute atomic E-state index is 11.2. The Bertz CT molecular complexity index is 622. The molecule has 0 spiro atoms. The number of ketones is 1. The molecular weight excluding hydrogens is 242 g/mol. The average Bonchev–Trinajstić information content (AvgIpc) is 2.81. The lowest BCUT2D eigenvalue weighted by Gasteiger charge is -2.03. The second kappa shape index (κ2) is 6.05. The van der Waals surface area contributed by atoms with Gasteiger partial charge in [0.25, 0.3) is 0 Å². The van der Waals surface area contributed by atoms with E-state index in [-0.39, 0.29) is 11.5 Å². The van der Waals surface area contributed by atoms with Crippen molar-refractivity contribution in [2.45, 2.75) is 26.2 Å². The number of benzene rings is 1. The van der Waals surface area contributed by atoms with E-state index >= 15 is 0 Å². The maximum Gasteiger partial charge on any atom is 0.246 e. The number of fused-ring (bicyclic) bond motifs is 1. The van der Waals surface area contributed by atoms with Gasteiger partial charge in [-0.15, -0.1) is 0 Å². The van der Waals surface area contributed by atoms with E-state index in [0.717, 1.165) is 5.39 Å². The van der Waals surface area contributed by atoms with Crippen LogP contribution in [-0.4, -0.2) is 12.4 Å². The van der Waals surface area contributed by atoms with Gasteiger partial charge in [0.05, 0.1) is 12.0 Å². The molecule has 4 nitrogen and oxygen atoms in total. The van der Waals surface area contributed by atoms with E-state index in [2.05, 4.69) is 0 Å². The lowest BCUT2D eigenvalue weighted by molar-refractivity contribution is -0.118. The van der Waals surface area contributed by atoms with Crippen molar-refractivity contribution in [3.05, 3.63) is 30.0 Å². The van der Waals surface area contributed by atoms with Gasteiger partial charge in [-0.2, -0.15) is 5.26 Å². The standard InChI is InChI=1S/C15H15NO3/c1-2-11(17)6-5-9-18-15-12-7-3-4-8-13(12)19-14(15)10-16/h3-4,7-8H,2,5-6,9H2,1H3. The van der Waals surface area contributed by atoms with Crippen molar-refractivity contribution in [2.24, 2.45) is 0 Å². The smallest absolute Gasteiger partial charge is 0.246 e. The van der Waals surface area contributed by atoms with Crippen LogP contribution in [0, 0.1) is 11.3 Å². The minimum Gasteiger partial charge on any atom is -0.488 e. The van der Waals surface area contributed by atoms with Gasteiger partial charge in [0, 0.05) is 12.8 Å². The van der Waals surface area contributed by atoms with Crippen molar-refractivity contribution < 1.29 is 13.9 Å². The summed E-state index contributed by atoms with van der Waals surface area (Å²) in [6, 6.07) is 9.35. The van der Waals surface area contributed by atoms with E-state index in [1.54, 1.807) is 6.07 Å². The molecule has 0 atom stereocenters. The molecule has 0 saturated carbocycles. The summed E-state index contributed by atoms with van der Waals surface area (Å²) in [5.74, 6) is 0.881. The lowest BCUT2D eigenvalue weighted by atomic mass is 10.2. The number of rotatable bonds is 6. The first-order chi connectivity index (χ1) is 9.26. The van der Waals surface area contributed by atoms with Crippen LogP contribution >= 0.6 is 0 Å². The second-order valence-corrected chi connectivity index (χ2v) is 4.21. The van der Waals surface area contributed by atoms with Gasteiger partial charge in [-0.05, 0) is 18.6 Å². The van der Waals surface area contributed by atoms with Gasteiger partial charge in [0.15, 0.2) is 5.75 Å². The molecule has 0 fully saturated rings. The van der Waals surface area contributed by atoms with E-state index < -0.39 is 0 Å². The van der Waals surface area contributed by atoms with Crippen LogP contribution in [0.3, 0.4) is 0 Å². The van der Waals surface area contributed by atoms with Crippen LogP contribution in [0.4, 0.5) is 0 Å². The summed E-state index contributed by atoms with van der Waals surface area (Å²) < 4.78 is 11.0. The SMILES string of the molecule is CCC(=O)CCCOc1c(C#N)oc2ccccc12. The molecule has 2 rings (SSSR count). The third-order valence-corrected chi connectivity index (χ3v) is 2.89. The van der Waals surface area contributed by atoms with Gasteiger partial charge in [-0.1, -0.05) is 19.1 Å². The molecule has 0 aliphatic rings. The fourth-order valence-corrected chi connectivity index (χ4v) is 1.86. The van der Waals surface area contributed by atoms with Gasteiger partial charge in [-0.3, -0.25) is 4.79 Å². The minimum atomic E-state index is 0.183. The predicted molar refractivity (Wildman–Crippen MR) is 71.0 cm³/mol. The number of furan rings is 1. The van der Waals surface area contributed by atoms with Crippen molar-refractivity contribution >= 4 is 16.8 Å². The van der Waals surface area contributed by atoms with Gasteiger partial charge < -0.3 is 9.15 Å². The topological polar surface area (TPSA) is 63.2 Å². The zero-order valence-electron chi connectivity index (χ0n) is 10.8. The summed E-state index contributed by atoms with van der Waals surface area (Å²) in [6.07, 6.45) is 1.71. The fourth-order valence-electron chi connectivity index (χ4n) is 1.86. The van der Waals surface area contributed by atoms with Crippen LogP contribution in [0.2, 0.25) is 0 Å². The summed E-state index contributed by atoms with van der Waals surface area (Å²) in [4.78, 5) is 11.2. The Kier molecular flexibility index (Phi) is 4.19. The molecule has 1 aromatic carbocycles. The molecule has 1 heterocycles. The summed E-state index contributed by atoms with van der Waals surface area (Å²) in [5.41, 5.74) is 0.638. The van der Waals surface area contributed by atoms with Crippen LogP contribution in [0.5, 0.6) is 5.75 Å². The van der Waals surface area contributed by atoms with Crippen molar-refractivity contribution in [3.63, 3.8) is 0 Å². The van der Waals surface area contributed by atoms with Crippen LogP contribution in [0.1, 0.15) is 31.9 Å². The van der Waals surface area contributed by atoms with E-state index in [9.17, 15) is 4.79 Å². The molecule has 19 heavy (non-hydrogen) atoms. The molecule has 0 aliphatic heterocycles. The highest BCUT2D eigenvalue weighted by Crippen LogP contribution is 2.32. The normalized spacial score (nSPS) is 10.3. The summed E-state index contributed by atoms with van der Waals surface area (Å²) >= 11 is 0. The van der Waals surface area contributed by atoms with E-state index in [1.165, 1.54) is 0 Å². The van der Waals surface area contributed by atoms with Crippen LogP contribution in [0.15, 0.2) is 28.7 Å². The quantitative estimate of drug-likeness (QED) is 0.743. The second-order valence-electron chi connectivity index (χ2n) is 4.21. The van der Waals surface area contributed by atoms with E-state index in [1.807, 2.05) is 31.2 Å². The highest BCUT2D eigenvalue weighted by Gasteiger charge is 2.14. The molecule has 4 heteroatoms. The number of hydrogen-bond donors (Lipinski definition) is 0. The molecule has 2 aromatic rings. The average molecular weight is 257 g/mol. The number of hydrogen-bond acceptors (Lipinski definition) is 4. The van der Waals surface area contributed by atoms with Crippen molar-refractivity contribution in [2.75, 3.05) is 6.61 Å². The van der Waals surface area contributed by atoms with Crippen LogP contribution in [0.25, 0.3) is 11.0 Å². The number of carbonyl (C=O) groups excluding carboxylic acids is 1. The lowest BCUT2D eigenvalue weighted by Crippen LogP contribution is -2.02. The highest BCUT2D eigenvalue weighted by molar-refractivity contribution is 5.86. The number of ether oxygens (including phenoxy) is 1.